The molecule has 0 spiro atoms. The summed E-state index contributed by atoms with van der Waals surface area (Å²) in [6.45, 7) is 1.88. The van der Waals surface area contributed by atoms with Gasteiger partial charge >= 0.3 is 5.97 Å². The molecule has 0 saturated carbocycles. The van der Waals surface area contributed by atoms with E-state index in [9.17, 15) is 4.79 Å². The molecule has 0 aliphatic rings. The number of nitrogens with one attached hydrogen (secondary N) is 1. The van der Waals surface area contributed by atoms with Gasteiger partial charge in [-0.2, -0.15) is 0 Å². The van der Waals surface area contributed by atoms with Crippen molar-refractivity contribution in [3.05, 3.63) is 47.7 Å². The normalized spacial score (nSPS) is 10.1. The van der Waals surface area contributed by atoms with Gasteiger partial charge in [-0.1, -0.05) is 30.3 Å². The van der Waals surface area contributed by atoms with E-state index in [1.165, 1.54) is 7.11 Å². The number of aromatic nitrogens is 1. The fourth-order valence-corrected chi connectivity index (χ4v) is 1.65. The third kappa shape index (κ3) is 1.84. The number of aromatic amines is 1. The summed E-state index contributed by atoms with van der Waals surface area (Å²) in [4.78, 5) is 14.5. The zero-order valence-electron chi connectivity index (χ0n) is 9.28. The molecule has 0 saturated heterocycles. The zero-order valence-corrected chi connectivity index (χ0v) is 9.28. The number of methoxy groups -OCH3 is 1. The highest BCUT2D eigenvalue weighted by molar-refractivity contribution is 5.90. The molecule has 1 heterocycles. The average molecular weight is 215 g/mol. The van der Waals surface area contributed by atoms with Gasteiger partial charge in [0, 0.05) is 5.69 Å². The number of ether oxygens (including phenoxy) is 1. The van der Waals surface area contributed by atoms with Gasteiger partial charge in [0.25, 0.3) is 0 Å². The smallest absolute Gasteiger partial charge is 0.354 e. The lowest BCUT2D eigenvalue weighted by Crippen LogP contribution is -2.03. The zero-order chi connectivity index (χ0) is 11.5. The van der Waals surface area contributed by atoms with Gasteiger partial charge in [0.1, 0.15) is 5.69 Å². The first-order chi connectivity index (χ1) is 7.72. The van der Waals surface area contributed by atoms with Crippen LogP contribution in [0.1, 0.15) is 16.1 Å². The molecule has 0 unspecified atom stereocenters. The second-order valence-corrected chi connectivity index (χ2v) is 3.60. The summed E-state index contributed by atoms with van der Waals surface area (Å²) in [5.41, 5.74) is 3.39. The number of rotatable bonds is 2. The highest BCUT2D eigenvalue weighted by Crippen LogP contribution is 2.21. The monoisotopic (exact) mass is 215 g/mol. The standard InChI is InChI=1S/C13H13NO2/c1-9-8-11(10-6-4-3-5-7-10)14-12(9)13(15)16-2/h3-8,14H,1-2H3. The van der Waals surface area contributed by atoms with Crippen molar-refractivity contribution in [2.75, 3.05) is 7.11 Å². The lowest BCUT2D eigenvalue weighted by atomic mass is 10.1. The Morgan fingerprint density at radius 3 is 2.56 bits per heavy atom. The number of H-pyrrole nitrogens is 1. The maximum absolute atomic E-state index is 11.4. The van der Waals surface area contributed by atoms with E-state index in [0.717, 1.165) is 16.8 Å². The topological polar surface area (TPSA) is 42.1 Å². The number of benzene rings is 1. The molecular weight excluding hydrogens is 202 g/mol. The molecule has 0 fully saturated rings. The molecule has 0 aliphatic heterocycles. The van der Waals surface area contributed by atoms with Crippen molar-refractivity contribution in [3.63, 3.8) is 0 Å². The van der Waals surface area contributed by atoms with Crippen molar-refractivity contribution in [1.29, 1.82) is 0 Å². The van der Waals surface area contributed by atoms with Gasteiger partial charge < -0.3 is 9.72 Å². The summed E-state index contributed by atoms with van der Waals surface area (Å²) in [5.74, 6) is -0.334. The van der Waals surface area contributed by atoms with E-state index in [1.54, 1.807) is 0 Å². The predicted molar refractivity (Wildman–Crippen MR) is 62.3 cm³/mol. The van der Waals surface area contributed by atoms with Crippen LogP contribution in [0.25, 0.3) is 11.3 Å². The molecule has 2 rings (SSSR count). The summed E-state index contributed by atoms with van der Waals surface area (Å²) in [5, 5.41) is 0. The Morgan fingerprint density at radius 2 is 1.94 bits per heavy atom. The van der Waals surface area contributed by atoms with Crippen molar-refractivity contribution < 1.29 is 9.53 Å². The van der Waals surface area contributed by atoms with Crippen LogP contribution in [0.4, 0.5) is 0 Å². The SMILES string of the molecule is COC(=O)c1[nH]c(-c2ccccc2)cc1C. The van der Waals surface area contributed by atoms with E-state index in [1.807, 2.05) is 43.3 Å². The first-order valence-corrected chi connectivity index (χ1v) is 5.05. The van der Waals surface area contributed by atoms with Gasteiger partial charge in [0.2, 0.25) is 0 Å². The fourth-order valence-electron chi connectivity index (χ4n) is 1.65. The number of aryl methyl sites for hydroxylation is 1. The van der Waals surface area contributed by atoms with Crippen molar-refractivity contribution in [2.45, 2.75) is 6.92 Å². The van der Waals surface area contributed by atoms with Crippen molar-refractivity contribution in [2.24, 2.45) is 0 Å². The minimum absolute atomic E-state index is 0.334. The Labute approximate surface area is 94.1 Å². The summed E-state index contributed by atoms with van der Waals surface area (Å²) in [6, 6.07) is 11.8. The van der Waals surface area contributed by atoms with E-state index in [0.29, 0.717) is 5.69 Å². The fraction of sp³-hybridized carbons (Fsp3) is 0.154. The van der Waals surface area contributed by atoms with Crippen molar-refractivity contribution >= 4 is 5.97 Å². The Bertz CT molecular complexity index is 500. The van der Waals surface area contributed by atoms with Crippen molar-refractivity contribution in [1.82, 2.24) is 4.98 Å². The molecule has 0 radical (unpaired) electrons. The van der Waals surface area contributed by atoms with Crippen LogP contribution in [0, 0.1) is 6.92 Å². The molecule has 82 valence electrons. The first kappa shape index (κ1) is 10.5. The first-order valence-electron chi connectivity index (χ1n) is 5.05. The van der Waals surface area contributed by atoms with E-state index in [2.05, 4.69) is 4.98 Å². The Hall–Kier alpha value is -2.03. The largest absolute Gasteiger partial charge is 0.464 e. The van der Waals surface area contributed by atoms with E-state index in [-0.39, 0.29) is 5.97 Å². The molecule has 1 aromatic heterocycles. The molecule has 1 aromatic carbocycles. The quantitative estimate of drug-likeness (QED) is 0.783. The second kappa shape index (κ2) is 4.23. The minimum Gasteiger partial charge on any atom is -0.464 e. The number of esters is 1. The summed E-state index contributed by atoms with van der Waals surface area (Å²) < 4.78 is 4.70. The maximum Gasteiger partial charge on any atom is 0.354 e. The Kier molecular flexibility index (Phi) is 2.77. The van der Waals surface area contributed by atoms with Crippen LogP contribution < -0.4 is 0 Å². The van der Waals surface area contributed by atoms with E-state index < -0.39 is 0 Å². The van der Waals surface area contributed by atoms with Gasteiger partial charge in [-0.25, -0.2) is 4.79 Å². The van der Waals surface area contributed by atoms with Gasteiger partial charge in [-0.3, -0.25) is 0 Å². The molecule has 16 heavy (non-hydrogen) atoms. The molecule has 3 heteroatoms. The summed E-state index contributed by atoms with van der Waals surface area (Å²) >= 11 is 0. The van der Waals surface area contributed by atoms with Crippen LogP contribution >= 0.6 is 0 Å². The molecule has 2 aromatic rings. The van der Waals surface area contributed by atoms with Crippen molar-refractivity contribution in [3.8, 4) is 11.3 Å². The van der Waals surface area contributed by atoms with Gasteiger partial charge in [0.05, 0.1) is 7.11 Å². The molecule has 0 bridgehead atoms. The number of hydrogen-bond donors (Lipinski definition) is 1. The van der Waals surface area contributed by atoms with Gasteiger partial charge in [-0.15, -0.1) is 0 Å². The summed E-state index contributed by atoms with van der Waals surface area (Å²) in [7, 11) is 1.38. The third-order valence-corrected chi connectivity index (χ3v) is 2.49. The minimum atomic E-state index is -0.334. The molecule has 0 atom stereocenters. The van der Waals surface area contributed by atoms with Crippen LogP contribution in [0.2, 0.25) is 0 Å². The van der Waals surface area contributed by atoms with Crippen LogP contribution in [-0.2, 0) is 4.74 Å². The number of carbonyl (C=O) groups excluding carboxylic acids is 1. The molecule has 0 amide bonds. The maximum atomic E-state index is 11.4. The van der Waals surface area contributed by atoms with E-state index in [4.69, 9.17) is 4.74 Å². The van der Waals surface area contributed by atoms with Crippen LogP contribution in [0.3, 0.4) is 0 Å². The third-order valence-electron chi connectivity index (χ3n) is 2.49. The average Bonchev–Trinajstić information content (AvgIpc) is 2.71. The predicted octanol–water partition coefficient (Wildman–Crippen LogP) is 2.78. The molecule has 1 N–H and O–H groups in total. The van der Waals surface area contributed by atoms with E-state index >= 15 is 0 Å². The van der Waals surface area contributed by atoms with Gasteiger partial charge in [-0.05, 0) is 24.1 Å². The highest BCUT2D eigenvalue weighted by Gasteiger charge is 2.13. The number of carbonyl (C=O) groups is 1. The number of hydrogen-bond acceptors (Lipinski definition) is 2. The van der Waals surface area contributed by atoms with Crippen LogP contribution in [0.5, 0.6) is 0 Å². The molecular formula is C13H13NO2. The molecule has 3 nitrogen and oxygen atoms in total. The molecule has 0 aliphatic carbocycles. The lowest BCUT2D eigenvalue weighted by molar-refractivity contribution is 0.0594. The second-order valence-electron chi connectivity index (χ2n) is 3.60. The Morgan fingerprint density at radius 1 is 1.25 bits per heavy atom. The summed E-state index contributed by atoms with van der Waals surface area (Å²) in [6.07, 6.45) is 0. The Balaban J connectivity index is 2.42. The highest BCUT2D eigenvalue weighted by atomic mass is 16.5. The lowest BCUT2D eigenvalue weighted by Gasteiger charge is -1.97. The van der Waals surface area contributed by atoms with Gasteiger partial charge in [0.15, 0.2) is 0 Å². The van der Waals surface area contributed by atoms with Crippen LogP contribution in [0.15, 0.2) is 36.4 Å². The van der Waals surface area contributed by atoms with Crippen LogP contribution in [-0.4, -0.2) is 18.1 Å².